The lowest BCUT2D eigenvalue weighted by Crippen LogP contribution is -2.55. The van der Waals surface area contributed by atoms with E-state index in [0.717, 1.165) is 18.4 Å². The standard InChI is InChI=1S/C15H17N2O2P/c1-14(2)11-6-7-17(9-4-5-9)13(19)15(11,20)8-10(16-3)12(14)18/h6,8-9H,4-5,7,20H2,1-2H3/t15-/m1/s1. The summed E-state index contributed by atoms with van der Waals surface area (Å²) in [6, 6.07) is 0.336. The van der Waals surface area contributed by atoms with Crippen molar-refractivity contribution in [1.29, 1.82) is 0 Å². The number of hydrogen-bond acceptors (Lipinski definition) is 2. The Labute approximate surface area is 120 Å². The second-order valence-electron chi connectivity index (χ2n) is 6.27. The molecule has 3 aliphatic rings. The van der Waals surface area contributed by atoms with Crippen LogP contribution in [0.15, 0.2) is 23.4 Å². The van der Waals surface area contributed by atoms with Gasteiger partial charge in [-0.15, -0.1) is 9.24 Å². The Hall–Kier alpha value is -1.46. The molecule has 0 aromatic heterocycles. The lowest BCUT2D eigenvalue weighted by atomic mass is 9.67. The quantitative estimate of drug-likeness (QED) is 0.420. The third-order valence-corrected chi connectivity index (χ3v) is 5.22. The first-order valence-electron chi connectivity index (χ1n) is 6.78. The molecule has 0 spiro atoms. The van der Waals surface area contributed by atoms with Crippen molar-refractivity contribution in [2.24, 2.45) is 5.41 Å². The summed E-state index contributed by atoms with van der Waals surface area (Å²) < 4.78 is 0. The zero-order valence-corrected chi connectivity index (χ0v) is 12.8. The summed E-state index contributed by atoms with van der Waals surface area (Å²) in [5.74, 6) is -0.186. The highest BCUT2D eigenvalue weighted by Gasteiger charge is 2.54. The first kappa shape index (κ1) is 13.5. The maximum Gasteiger partial charge on any atom is 0.239 e. The molecular formula is C15H17N2O2P. The number of nitrogens with zero attached hydrogens (tertiary/aromatic N) is 2. The van der Waals surface area contributed by atoms with E-state index in [-0.39, 0.29) is 17.4 Å². The fourth-order valence-electron chi connectivity index (χ4n) is 3.21. The topological polar surface area (TPSA) is 41.7 Å². The Morgan fingerprint density at radius 2 is 2.05 bits per heavy atom. The molecule has 1 heterocycles. The molecule has 0 aromatic rings. The van der Waals surface area contributed by atoms with Gasteiger partial charge in [0.15, 0.2) is 5.78 Å². The van der Waals surface area contributed by atoms with Crippen molar-refractivity contribution in [3.63, 3.8) is 0 Å². The highest BCUT2D eigenvalue weighted by molar-refractivity contribution is 7.22. The molecule has 0 saturated heterocycles. The number of carbonyl (C=O) groups excluding carboxylic acids is 2. The van der Waals surface area contributed by atoms with Crippen LogP contribution in [-0.2, 0) is 9.59 Å². The first-order valence-corrected chi connectivity index (χ1v) is 7.36. The van der Waals surface area contributed by atoms with Crippen molar-refractivity contribution in [1.82, 2.24) is 4.90 Å². The van der Waals surface area contributed by atoms with Gasteiger partial charge in [-0.2, -0.15) is 0 Å². The van der Waals surface area contributed by atoms with Gasteiger partial charge in [-0.05, 0) is 18.4 Å². The zero-order chi connectivity index (χ0) is 14.7. The summed E-state index contributed by atoms with van der Waals surface area (Å²) >= 11 is 0. The van der Waals surface area contributed by atoms with E-state index in [4.69, 9.17) is 6.57 Å². The molecule has 4 nitrogen and oxygen atoms in total. The molecular weight excluding hydrogens is 271 g/mol. The molecule has 1 unspecified atom stereocenters. The molecule has 1 amide bonds. The Morgan fingerprint density at radius 1 is 1.40 bits per heavy atom. The molecule has 3 rings (SSSR count). The van der Waals surface area contributed by atoms with Crippen LogP contribution in [-0.4, -0.2) is 34.3 Å². The third-order valence-electron chi connectivity index (χ3n) is 4.50. The van der Waals surface area contributed by atoms with Crippen molar-refractivity contribution in [2.75, 3.05) is 6.54 Å². The number of carbonyl (C=O) groups is 2. The number of allylic oxidation sites excluding steroid dienone is 1. The lowest BCUT2D eigenvalue weighted by molar-refractivity contribution is -0.133. The highest BCUT2D eigenvalue weighted by Crippen LogP contribution is 2.51. The summed E-state index contributed by atoms with van der Waals surface area (Å²) in [5, 5.41) is -0.919. The maximum atomic E-state index is 12.8. The van der Waals surface area contributed by atoms with E-state index in [1.807, 2.05) is 11.0 Å². The van der Waals surface area contributed by atoms with Crippen LogP contribution in [0.1, 0.15) is 26.7 Å². The van der Waals surface area contributed by atoms with Gasteiger partial charge in [-0.3, -0.25) is 4.79 Å². The van der Waals surface area contributed by atoms with Crippen LogP contribution in [0, 0.1) is 12.0 Å². The van der Waals surface area contributed by atoms with Crippen LogP contribution < -0.4 is 0 Å². The van der Waals surface area contributed by atoms with Crippen molar-refractivity contribution >= 4 is 20.9 Å². The van der Waals surface area contributed by atoms with Crippen molar-refractivity contribution in [3.05, 3.63) is 34.8 Å². The van der Waals surface area contributed by atoms with Gasteiger partial charge in [-0.25, -0.2) is 4.85 Å². The summed E-state index contributed by atoms with van der Waals surface area (Å²) in [6.45, 7) is 11.4. The van der Waals surface area contributed by atoms with Crippen LogP contribution in [0.5, 0.6) is 0 Å². The van der Waals surface area contributed by atoms with Gasteiger partial charge in [0.25, 0.3) is 0 Å². The Balaban J connectivity index is 2.16. The summed E-state index contributed by atoms with van der Waals surface area (Å²) in [5.41, 5.74) is 0.101. The van der Waals surface area contributed by atoms with Crippen LogP contribution in [0.2, 0.25) is 0 Å². The fraction of sp³-hybridized carbons (Fsp3) is 0.533. The molecule has 20 heavy (non-hydrogen) atoms. The van der Waals surface area contributed by atoms with E-state index in [2.05, 4.69) is 14.1 Å². The average molecular weight is 288 g/mol. The molecule has 0 N–H and O–H groups in total. The van der Waals surface area contributed by atoms with Gasteiger partial charge in [0.2, 0.25) is 11.6 Å². The molecule has 2 aliphatic carbocycles. The minimum Gasteiger partial charge on any atom is -0.335 e. The average Bonchev–Trinajstić information content (AvgIpc) is 3.21. The number of amides is 1. The minimum atomic E-state index is -0.919. The monoisotopic (exact) mass is 288 g/mol. The summed E-state index contributed by atoms with van der Waals surface area (Å²) in [4.78, 5) is 30.4. The normalized spacial score (nSPS) is 32.2. The van der Waals surface area contributed by atoms with Crippen LogP contribution in [0.3, 0.4) is 0 Å². The molecule has 104 valence electrons. The smallest absolute Gasteiger partial charge is 0.239 e. The van der Waals surface area contributed by atoms with Gasteiger partial charge in [0, 0.05) is 18.0 Å². The van der Waals surface area contributed by atoms with Crippen LogP contribution in [0.25, 0.3) is 4.85 Å². The molecule has 2 atom stereocenters. The molecule has 1 saturated carbocycles. The van der Waals surface area contributed by atoms with Gasteiger partial charge < -0.3 is 9.69 Å². The van der Waals surface area contributed by atoms with E-state index in [1.165, 1.54) is 0 Å². The first-order chi connectivity index (χ1) is 9.32. The molecule has 5 heteroatoms. The number of fused-ring (bicyclic) bond motifs is 1. The van der Waals surface area contributed by atoms with Gasteiger partial charge in [-0.1, -0.05) is 26.0 Å². The Bertz CT molecular complexity index is 622. The molecule has 1 aliphatic heterocycles. The molecule has 0 bridgehead atoms. The summed E-state index contributed by atoms with van der Waals surface area (Å²) in [6.07, 6.45) is 5.65. The number of ketones is 1. The maximum absolute atomic E-state index is 12.8. The van der Waals surface area contributed by atoms with E-state index in [0.29, 0.717) is 12.6 Å². The van der Waals surface area contributed by atoms with E-state index < -0.39 is 10.6 Å². The predicted octanol–water partition coefficient (Wildman–Crippen LogP) is 1.94. The molecule has 0 aromatic carbocycles. The minimum absolute atomic E-state index is 0.00391. The van der Waals surface area contributed by atoms with Gasteiger partial charge in [0.05, 0.1) is 11.7 Å². The van der Waals surface area contributed by atoms with Crippen molar-refractivity contribution < 1.29 is 9.59 Å². The van der Waals surface area contributed by atoms with Crippen molar-refractivity contribution in [3.8, 4) is 0 Å². The molecule has 1 fully saturated rings. The van der Waals surface area contributed by atoms with Crippen molar-refractivity contribution in [2.45, 2.75) is 37.9 Å². The highest BCUT2D eigenvalue weighted by atomic mass is 31.0. The Morgan fingerprint density at radius 3 is 2.60 bits per heavy atom. The van der Waals surface area contributed by atoms with E-state index in [9.17, 15) is 9.59 Å². The number of rotatable bonds is 1. The van der Waals surface area contributed by atoms with Gasteiger partial charge >= 0.3 is 0 Å². The fourth-order valence-corrected chi connectivity index (χ4v) is 4.02. The largest absolute Gasteiger partial charge is 0.335 e. The van der Waals surface area contributed by atoms with E-state index in [1.54, 1.807) is 19.9 Å². The van der Waals surface area contributed by atoms with Crippen LogP contribution >= 0.6 is 9.24 Å². The van der Waals surface area contributed by atoms with E-state index >= 15 is 0 Å². The summed E-state index contributed by atoms with van der Waals surface area (Å²) in [7, 11) is 2.59. The van der Waals surface area contributed by atoms with Crippen LogP contribution in [0.4, 0.5) is 0 Å². The number of Topliss-reactive ketones (excluding diaryl/α,β-unsaturated/α-hetero) is 1. The lowest BCUT2D eigenvalue weighted by Gasteiger charge is -2.46. The Kier molecular flexibility index (Phi) is 2.72. The number of hydrogen-bond donors (Lipinski definition) is 0. The third kappa shape index (κ3) is 1.63. The SMILES string of the molecule is [C-]#[N+]C1=C[C@]2(P)C(=O)N(C3CC3)CC=C2C(C)(C)C1=O. The second-order valence-corrected chi connectivity index (χ2v) is 7.18. The van der Waals surface area contributed by atoms with Gasteiger partial charge in [0.1, 0.15) is 0 Å². The zero-order valence-electron chi connectivity index (χ0n) is 11.6. The molecule has 0 radical (unpaired) electrons. The predicted molar refractivity (Wildman–Crippen MR) is 78.7 cm³/mol. The second kappa shape index (κ2) is 4.02.